The van der Waals surface area contributed by atoms with E-state index in [4.69, 9.17) is 115 Å². The van der Waals surface area contributed by atoms with E-state index >= 15 is 0 Å². The normalized spacial score (nSPS) is 14.9. The Bertz CT molecular complexity index is 5170. The third-order valence-corrected chi connectivity index (χ3v) is 20.9. The third-order valence-electron chi connectivity index (χ3n) is 19.6. The predicted octanol–water partition coefficient (Wildman–Crippen LogP) is 19.5. The van der Waals surface area contributed by atoms with Crippen LogP contribution < -0.4 is 23.7 Å². The highest BCUT2D eigenvalue weighted by molar-refractivity contribution is 6.33. The molecule has 21 nitrogen and oxygen atoms in total. The van der Waals surface area contributed by atoms with Crippen molar-refractivity contribution in [2.45, 2.75) is 44.0 Å². The molecule has 594 valence electrons. The number of benzene rings is 9. The zero-order chi connectivity index (χ0) is 79.3. The number of halogens is 5. The summed E-state index contributed by atoms with van der Waals surface area (Å²) in [5.74, 6) is 2.93. The second-order valence-corrected chi connectivity index (χ2v) is 29.0. The molecule has 0 bridgehead atoms. The van der Waals surface area contributed by atoms with Crippen LogP contribution in [0.25, 0.3) is 32.7 Å². The van der Waals surface area contributed by atoms with Gasteiger partial charge in [0, 0.05) is 111 Å². The van der Waals surface area contributed by atoms with Gasteiger partial charge in [0.2, 0.25) is 0 Å². The van der Waals surface area contributed by atoms with E-state index in [0.29, 0.717) is 161 Å². The van der Waals surface area contributed by atoms with Crippen LogP contribution in [-0.4, -0.2) is 168 Å². The Morgan fingerprint density at radius 2 is 0.702 bits per heavy atom. The van der Waals surface area contributed by atoms with Crippen molar-refractivity contribution >= 4 is 109 Å². The highest BCUT2D eigenvalue weighted by Crippen LogP contribution is 2.44. The first kappa shape index (κ1) is 82.0. The van der Waals surface area contributed by atoms with E-state index in [9.17, 15) is 14.4 Å². The predicted molar refractivity (Wildman–Crippen MR) is 442 cm³/mol. The number of para-hydroxylation sites is 1. The van der Waals surface area contributed by atoms with E-state index in [0.717, 1.165) is 94.7 Å². The quantitative estimate of drug-likeness (QED) is 0.0388. The second-order valence-electron chi connectivity index (χ2n) is 26.9. The lowest BCUT2D eigenvalue weighted by atomic mass is 9.92. The summed E-state index contributed by atoms with van der Waals surface area (Å²) in [6.07, 6.45) is 0.777. The molecule has 12 aromatic rings. The van der Waals surface area contributed by atoms with Gasteiger partial charge in [-0.15, -0.1) is 0 Å². The summed E-state index contributed by atoms with van der Waals surface area (Å²) in [5, 5.41) is 6.20. The zero-order valence-corrected chi connectivity index (χ0v) is 66.9. The fourth-order valence-electron chi connectivity index (χ4n) is 14.2. The lowest BCUT2D eigenvalue weighted by molar-refractivity contribution is 0.0544. The lowest BCUT2D eigenvalue weighted by Gasteiger charge is -2.35. The van der Waals surface area contributed by atoms with E-state index < -0.39 is 18.2 Å². The molecule has 3 aliphatic rings. The van der Waals surface area contributed by atoms with Crippen LogP contribution in [0.5, 0.6) is 28.7 Å². The first-order chi connectivity index (χ1) is 55.7. The number of nitrogens with zero attached hydrogens (tertiary/aromatic N) is 3. The number of carbonyl (C=O) groups excluding carboxylic acids is 3. The SMILES string of the molecule is COCCOCCOc1ccc(C2c3[nH]c4ccc(Cl)cc4c3CCN2C(=O)OCc2ccccc2)cc1.COCCOCCOc1ccc(C2c3[nH]c4ccc(Cl)cc4c3CCN2C(=O)Oc2ccc(Cl)cc2)cc1.COCCOCCOc1ccc(C2c3[nH]c4ccc(Cl)cc4c3CCN2C(=O)Oc2ccccc2Cl)cc1. The summed E-state index contributed by atoms with van der Waals surface area (Å²) in [6.45, 7) is 7.67. The van der Waals surface area contributed by atoms with Crippen molar-refractivity contribution in [1.82, 2.24) is 29.7 Å². The molecule has 3 unspecified atom stereocenters. The first-order valence-electron chi connectivity index (χ1n) is 37.4. The van der Waals surface area contributed by atoms with E-state index in [2.05, 4.69) is 15.0 Å². The van der Waals surface area contributed by atoms with Crippen LogP contribution in [0.2, 0.25) is 25.1 Å². The number of ether oxygens (including phenoxy) is 12. The van der Waals surface area contributed by atoms with Gasteiger partial charge < -0.3 is 71.8 Å². The van der Waals surface area contributed by atoms with Crippen molar-refractivity contribution in [3.8, 4) is 28.7 Å². The van der Waals surface area contributed by atoms with Crippen molar-refractivity contribution in [2.75, 3.05) is 120 Å². The summed E-state index contributed by atoms with van der Waals surface area (Å²) >= 11 is 31.2. The molecule has 0 saturated heterocycles. The Morgan fingerprint density at radius 1 is 0.360 bits per heavy atom. The number of aromatic amines is 3. The molecule has 3 aliphatic heterocycles. The molecule has 6 heterocycles. The summed E-state index contributed by atoms with van der Waals surface area (Å²) in [4.78, 5) is 56.1. The smallest absolute Gasteiger partial charge is 0.416 e. The van der Waals surface area contributed by atoms with Gasteiger partial charge in [-0.2, -0.15) is 0 Å². The molecule has 3 N–H and O–H groups in total. The van der Waals surface area contributed by atoms with E-state index in [1.807, 2.05) is 158 Å². The standard InChI is InChI=1S/C30H31ClN2O5.2C29H28Cl2N2O5/c1-35-15-16-36-17-18-37-24-10-7-22(8-11-24)29-28-25(26-19-23(31)9-12-27(26)32-28)13-14-33(29)30(34)38-20-21-5-3-2-4-6-21;1-35-14-15-36-16-17-37-22-7-2-19(3-8-22)28-27-24(25-18-21(31)6-11-26(25)32-27)12-13-33(28)29(34)38-23-9-4-20(30)5-10-23;1-35-14-15-36-16-17-37-21-9-6-19(7-10-21)28-27-22(23-18-20(30)8-11-25(23)32-27)12-13-33(28)29(34)38-26-5-3-2-4-24(26)31/h2-12,19,29,32H,13-18,20H2,1H3;2*2-11,18,28,32H,12-17H2,1H3. The number of amides is 3. The molecule has 0 aliphatic carbocycles. The molecule has 26 heteroatoms. The van der Waals surface area contributed by atoms with Crippen molar-refractivity contribution in [1.29, 1.82) is 0 Å². The molecular formula is C88H87Cl5N6O15. The average molecular weight is 1650 g/mol. The Morgan fingerprint density at radius 3 is 1.09 bits per heavy atom. The van der Waals surface area contributed by atoms with Crippen LogP contribution in [0.15, 0.2) is 206 Å². The minimum absolute atomic E-state index is 0.220. The van der Waals surface area contributed by atoms with Gasteiger partial charge in [0.1, 0.15) is 67.6 Å². The molecule has 0 radical (unpaired) electrons. The van der Waals surface area contributed by atoms with Gasteiger partial charge in [0.25, 0.3) is 0 Å². The van der Waals surface area contributed by atoms with Crippen molar-refractivity contribution in [2.24, 2.45) is 0 Å². The van der Waals surface area contributed by atoms with Gasteiger partial charge in [0.15, 0.2) is 5.75 Å². The largest absolute Gasteiger partial charge is 0.491 e. The summed E-state index contributed by atoms with van der Waals surface area (Å²) in [6, 6.07) is 63.0. The van der Waals surface area contributed by atoms with Crippen LogP contribution in [0.4, 0.5) is 14.4 Å². The van der Waals surface area contributed by atoms with Gasteiger partial charge in [-0.1, -0.05) is 137 Å². The number of hydrogen-bond donors (Lipinski definition) is 3. The van der Waals surface area contributed by atoms with Gasteiger partial charge in [0.05, 0.1) is 64.5 Å². The van der Waals surface area contributed by atoms with Crippen LogP contribution >= 0.6 is 58.0 Å². The molecule has 0 fully saturated rings. The number of methoxy groups -OCH3 is 3. The lowest BCUT2D eigenvalue weighted by Crippen LogP contribution is -2.42. The number of hydrogen-bond acceptors (Lipinski definition) is 15. The molecule has 0 spiro atoms. The average Bonchev–Trinajstić information content (AvgIpc) is 1.59. The Kier molecular flexibility index (Phi) is 29.0. The highest BCUT2D eigenvalue weighted by atomic mass is 35.5. The number of fused-ring (bicyclic) bond motifs is 9. The highest BCUT2D eigenvalue weighted by Gasteiger charge is 2.39. The summed E-state index contributed by atoms with van der Waals surface area (Å²) < 4.78 is 66.0. The second kappa shape index (κ2) is 40.3. The summed E-state index contributed by atoms with van der Waals surface area (Å²) in [7, 11) is 4.92. The number of rotatable bonds is 28. The molecule has 15 rings (SSSR count). The van der Waals surface area contributed by atoms with Crippen molar-refractivity contribution < 1.29 is 71.2 Å². The number of H-pyrrole nitrogens is 3. The minimum Gasteiger partial charge on any atom is -0.491 e. The maximum absolute atomic E-state index is 13.5. The van der Waals surface area contributed by atoms with Gasteiger partial charge in [-0.3, -0.25) is 14.7 Å². The number of carbonyl (C=O) groups is 3. The molecule has 3 aromatic heterocycles. The van der Waals surface area contributed by atoms with E-state index in [-0.39, 0.29) is 24.8 Å². The topological polar surface area (TPSA) is 219 Å². The van der Waals surface area contributed by atoms with Crippen LogP contribution in [0.1, 0.15) is 74.2 Å². The van der Waals surface area contributed by atoms with Gasteiger partial charge in [-0.25, -0.2) is 14.4 Å². The Labute approximate surface area is 685 Å². The van der Waals surface area contributed by atoms with Crippen molar-refractivity contribution in [3.05, 3.63) is 287 Å². The Balaban J connectivity index is 0.000000149. The zero-order valence-electron chi connectivity index (χ0n) is 63.2. The fraction of sp³-hybridized carbons (Fsp3) is 0.284. The molecule has 3 atom stereocenters. The minimum atomic E-state index is -0.473. The van der Waals surface area contributed by atoms with Crippen LogP contribution in [0, 0.1) is 0 Å². The maximum Gasteiger partial charge on any atom is 0.416 e. The van der Waals surface area contributed by atoms with Crippen LogP contribution in [0.3, 0.4) is 0 Å². The first-order valence-corrected chi connectivity index (χ1v) is 39.3. The Hall–Kier alpha value is -9.98. The number of aromatic nitrogens is 3. The maximum atomic E-state index is 13.5. The van der Waals surface area contributed by atoms with E-state index in [1.54, 1.807) is 84.6 Å². The molecule has 0 saturated carbocycles. The fourth-order valence-corrected chi connectivity index (χ4v) is 15.0. The molecular weight excluding hydrogens is 1560 g/mol. The number of nitrogens with one attached hydrogen (secondary N) is 3. The van der Waals surface area contributed by atoms with Gasteiger partial charge >= 0.3 is 18.3 Å². The van der Waals surface area contributed by atoms with Crippen molar-refractivity contribution in [3.63, 3.8) is 0 Å². The van der Waals surface area contributed by atoms with Gasteiger partial charge in [-0.05, 0) is 186 Å². The third kappa shape index (κ3) is 20.7. The molecule has 114 heavy (non-hydrogen) atoms. The molecule has 3 amide bonds. The molecule has 9 aromatic carbocycles. The monoisotopic (exact) mass is 1640 g/mol. The van der Waals surface area contributed by atoms with E-state index in [1.165, 1.54) is 5.56 Å². The van der Waals surface area contributed by atoms with Crippen LogP contribution in [-0.2, 0) is 59.0 Å². The summed E-state index contributed by atoms with van der Waals surface area (Å²) in [5.41, 5.74) is 13.0.